The number of nitrogens with zero attached hydrogens (tertiary/aromatic N) is 3. The summed E-state index contributed by atoms with van der Waals surface area (Å²) in [6, 6.07) is 0.518. The molecule has 0 radical (unpaired) electrons. The van der Waals surface area contributed by atoms with E-state index in [1.54, 1.807) is 35.3 Å². The van der Waals surface area contributed by atoms with Gasteiger partial charge >= 0.3 is 18.0 Å². The van der Waals surface area contributed by atoms with Crippen LogP contribution in [0.15, 0.2) is 0 Å². The molecule has 30 heavy (non-hydrogen) atoms. The van der Waals surface area contributed by atoms with Crippen molar-refractivity contribution >= 4 is 35.3 Å². The lowest BCUT2D eigenvalue weighted by molar-refractivity contribution is 0.236. The first-order chi connectivity index (χ1) is 14.8. The van der Waals surface area contributed by atoms with E-state index in [2.05, 4.69) is 15.0 Å². The molecule has 0 atom stereocenters. The number of thioether (sulfide) groups is 3. The van der Waals surface area contributed by atoms with Crippen LogP contribution >= 0.6 is 35.3 Å². The van der Waals surface area contributed by atoms with E-state index in [1.165, 1.54) is 0 Å². The highest BCUT2D eigenvalue weighted by Crippen LogP contribution is 2.16. The lowest BCUT2D eigenvalue weighted by atomic mass is 10.5. The average molecular weight is 484 g/mol. The Bertz CT molecular complexity index is 450. The van der Waals surface area contributed by atoms with Crippen molar-refractivity contribution in [1.29, 1.82) is 0 Å². The van der Waals surface area contributed by atoms with Gasteiger partial charge < -0.3 is 29.5 Å². The van der Waals surface area contributed by atoms with Crippen molar-refractivity contribution in [3.05, 3.63) is 0 Å². The Labute approximate surface area is 191 Å². The predicted molar refractivity (Wildman–Crippen MR) is 123 cm³/mol. The lowest BCUT2D eigenvalue weighted by Crippen LogP contribution is -2.10. The number of aromatic nitrogens is 3. The van der Waals surface area contributed by atoms with E-state index in [0.717, 1.165) is 53.8 Å². The van der Waals surface area contributed by atoms with Gasteiger partial charge in [0.05, 0.1) is 39.6 Å². The first-order valence-electron chi connectivity index (χ1n) is 10.0. The van der Waals surface area contributed by atoms with E-state index in [0.29, 0.717) is 19.8 Å². The van der Waals surface area contributed by atoms with Crippen LogP contribution in [0.1, 0.15) is 19.3 Å². The highest BCUT2D eigenvalue weighted by molar-refractivity contribution is 7.99. The van der Waals surface area contributed by atoms with Gasteiger partial charge in [-0.05, 0) is 36.5 Å². The number of hydrogen-bond acceptors (Lipinski definition) is 12. The summed E-state index contributed by atoms with van der Waals surface area (Å²) in [6.45, 7) is 1.90. The second kappa shape index (κ2) is 20.3. The number of aliphatic hydroxyl groups is 3. The largest absolute Gasteiger partial charge is 0.463 e. The molecule has 1 rings (SSSR count). The quantitative estimate of drug-likeness (QED) is 0.218. The molecule has 1 heterocycles. The Hall–Kier alpha value is -0.660. The summed E-state index contributed by atoms with van der Waals surface area (Å²) in [7, 11) is 0. The zero-order chi connectivity index (χ0) is 21.7. The van der Waals surface area contributed by atoms with Gasteiger partial charge in [-0.15, -0.1) is 15.0 Å². The van der Waals surface area contributed by atoms with Gasteiger partial charge in [0.2, 0.25) is 0 Å². The maximum atomic E-state index is 8.79. The maximum Gasteiger partial charge on any atom is 0.325 e. The van der Waals surface area contributed by atoms with Crippen LogP contribution in [0.4, 0.5) is 0 Å². The molecule has 1 aromatic heterocycles. The van der Waals surface area contributed by atoms with Gasteiger partial charge in [0.15, 0.2) is 0 Å². The van der Waals surface area contributed by atoms with Crippen molar-refractivity contribution in [1.82, 2.24) is 15.0 Å². The summed E-state index contributed by atoms with van der Waals surface area (Å²) in [6.07, 6.45) is 2.44. The van der Waals surface area contributed by atoms with E-state index in [-0.39, 0.29) is 37.9 Å². The highest BCUT2D eigenvalue weighted by Gasteiger charge is 2.10. The molecule has 0 aliphatic carbocycles. The molecule has 0 saturated carbocycles. The Morgan fingerprint density at radius 2 is 0.800 bits per heavy atom. The summed E-state index contributed by atoms with van der Waals surface area (Å²) < 4.78 is 16.9. The van der Waals surface area contributed by atoms with Gasteiger partial charge in [-0.1, -0.05) is 0 Å². The van der Waals surface area contributed by atoms with Gasteiger partial charge in [-0.2, -0.15) is 35.3 Å². The van der Waals surface area contributed by atoms with E-state index in [1.807, 2.05) is 0 Å². The zero-order valence-electron chi connectivity index (χ0n) is 17.2. The molecular formula is C18H33N3O6S3. The number of hydrogen-bond donors (Lipinski definition) is 3. The van der Waals surface area contributed by atoms with Crippen molar-refractivity contribution in [3.63, 3.8) is 0 Å². The molecule has 12 heteroatoms. The van der Waals surface area contributed by atoms with Gasteiger partial charge in [0.25, 0.3) is 0 Å². The minimum atomic E-state index is 0.173. The van der Waals surface area contributed by atoms with Crippen molar-refractivity contribution in [3.8, 4) is 18.0 Å². The third-order valence-corrected chi connectivity index (χ3v) is 6.42. The maximum absolute atomic E-state index is 8.79. The topological polar surface area (TPSA) is 127 Å². The second-order valence-corrected chi connectivity index (χ2v) is 9.47. The molecule has 0 fully saturated rings. The molecule has 0 aromatic carbocycles. The standard InChI is InChI=1S/C18H33N3O6S3/c22-4-13-28-10-1-7-25-16-19-17(26-8-2-11-29-14-5-23)21-18(20-16)27-9-3-12-30-15-6-24/h22-24H,1-15H2. The molecule has 0 unspecified atom stereocenters. The first-order valence-corrected chi connectivity index (χ1v) is 13.5. The van der Waals surface area contributed by atoms with Crippen LogP contribution < -0.4 is 14.2 Å². The fourth-order valence-electron chi connectivity index (χ4n) is 1.99. The molecule has 1 aromatic rings. The average Bonchev–Trinajstić information content (AvgIpc) is 2.75. The molecule has 3 N–H and O–H groups in total. The summed E-state index contributed by atoms with van der Waals surface area (Å²) >= 11 is 5.00. The van der Waals surface area contributed by atoms with E-state index in [9.17, 15) is 0 Å². The van der Waals surface area contributed by atoms with Gasteiger partial charge in [0, 0.05) is 17.3 Å². The molecule has 0 saturated heterocycles. The highest BCUT2D eigenvalue weighted by atomic mass is 32.2. The van der Waals surface area contributed by atoms with Gasteiger partial charge in [-0.3, -0.25) is 0 Å². The van der Waals surface area contributed by atoms with Crippen molar-refractivity contribution in [2.45, 2.75) is 19.3 Å². The van der Waals surface area contributed by atoms with Crippen LogP contribution in [0.5, 0.6) is 18.0 Å². The fraction of sp³-hybridized carbons (Fsp3) is 0.833. The summed E-state index contributed by atoms with van der Waals surface area (Å²) in [4.78, 5) is 12.6. The van der Waals surface area contributed by atoms with Gasteiger partial charge in [-0.25, -0.2) is 0 Å². The van der Waals surface area contributed by atoms with Crippen molar-refractivity contribution < 1.29 is 29.5 Å². The van der Waals surface area contributed by atoms with Crippen LogP contribution in [0, 0.1) is 0 Å². The third kappa shape index (κ3) is 15.2. The molecular weight excluding hydrogens is 450 g/mol. The molecule has 0 aliphatic rings. The van der Waals surface area contributed by atoms with E-state index >= 15 is 0 Å². The minimum absolute atomic E-state index is 0.173. The number of ether oxygens (including phenoxy) is 3. The van der Waals surface area contributed by atoms with Crippen molar-refractivity contribution in [2.75, 3.05) is 74.2 Å². The van der Waals surface area contributed by atoms with Crippen LogP contribution in [0.25, 0.3) is 0 Å². The molecule has 174 valence electrons. The monoisotopic (exact) mass is 483 g/mol. The number of rotatable bonds is 21. The Balaban J connectivity index is 2.47. The summed E-state index contributed by atoms with van der Waals surface area (Å²) in [5, 5.41) is 26.4. The third-order valence-electron chi connectivity index (χ3n) is 3.27. The van der Waals surface area contributed by atoms with E-state index in [4.69, 9.17) is 29.5 Å². The molecule has 9 nitrogen and oxygen atoms in total. The van der Waals surface area contributed by atoms with Crippen LogP contribution in [-0.2, 0) is 0 Å². The van der Waals surface area contributed by atoms with Crippen LogP contribution in [-0.4, -0.2) is 104 Å². The second-order valence-electron chi connectivity index (χ2n) is 5.80. The normalized spacial score (nSPS) is 10.9. The molecule has 0 spiro atoms. The summed E-state index contributed by atoms with van der Waals surface area (Å²) in [5.74, 6) is 4.80. The Kier molecular flexibility index (Phi) is 18.5. The Morgan fingerprint density at radius 3 is 1.07 bits per heavy atom. The van der Waals surface area contributed by atoms with Crippen molar-refractivity contribution in [2.24, 2.45) is 0 Å². The molecule has 0 bridgehead atoms. The van der Waals surface area contributed by atoms with Crippen LogP contribution in [0.2, 0.25) is 0 Å². The molecule has 0 aliphatic heterocycles. The fourth-order valence-corrected chi connectivity index (χ4v) is 3.95. The Morgan fingerprint density at radius 1 is 0.500 bits per heavy atom. The SMILES string of the molecule is OCCSCCCOc1nc(OCCCSCCO)nc(OCCCSCCO)n1. The molecule has 0 amide bonds. The number of aliphatic hydroxyl groups excluding tert-OH is 3. The predicted octanol–water partition coefficient (Wildman–Crippen LogP) is 1.35. The van der Waals surface area contributed by atoms with Gasteiger partial charge in [0.1, 0.15) is 0 Å². The van der Waals surface area contributed by atoms with E-state index < -0.39 is 0 Å². The first kappa shape index (κ1) is 27.4. The van der Waals surface area contributed by atoms with Crippen LogP contribution in [0.3, 0.4) is 0 Å². The lowest BCUT2D eigenvalue weighted by Gasteiger charge is -2.10. The minimum Gasteiger partial charge on any atom is -0.463 e. The zero-order valence-corrected chi connectivity index (χ0v) is 19.7. The summed E-state index contributed by atoms with van der Waals surface area (Å²) in [5.41, 5.74) is 0. The smallest absolute Gasteiger partial charge is 0.325 e.